The first-order valence-electron chi connectivity index (χ1n) is 35.0. The molecule has 0 aromatic heterocycles. The Kier molecular flexibility index (Phi) is 64.9. The number of aliphatic hydroxyl groups is 2. The van der Waals surface area contributed by atoms with Crippen LogP contribution in [-0.4, -0.2) is 47.4 Å². The molecule has 0 aromatic carbocycles. The summed E-state index contributed by atoms with van der Waals surface area (Å²) in [5, 5.41) is 23.2. The monoisotopic (exact) mass is 1070 g/mol. The van der Waals surface area contributed by atoms with Crippen molar-refractivity contribution in [2.24, 2.45) is 0 Å². The Bertz CT molecular complexity index is 1140. The van der Waals surface area contributed by atoms with Gasteiger partial charge in [-0.25, -0.2) is 0 Å². The molecule has 452 valence electrons. The summed E-state index contributed by atoms with van der Waals surface area (Å²) in [4.78, 5) is 24.6. The molecule has 0 heterocycles. The predicted octanol–water partition coefficient (Wildman–Crippen LogP) is 22.4. The fraction of sp³-hybridized carbons (Fsp3) is 0.943. The molecule has 2 unspecified atom stereocenters. The highest BCUT2D eigenvalue weighted by atomic mass is 16.5. The molecule has 0 rings (SSSR count). The third kappa shape index (κ3) is 61.8. The van der Waals surface area contributed by atoms with Crippen LogP contribution in [0.15, 0.2) is 12.2 Å². The number of amides is 1. The number of unbranched alkanes of at least 4 members (excludes halogenated alkanes) is 55. The second-order valence-corrected chi connectivity index (χ2v) is 24.2. The van der Waals surface area contributed by atoms with Gasteiger partial charge in [-0.1, -0.05) is 366 Å². The number of nitrogens with one attached hydrogen (secondary N) is 1. The number of ether oxygens (including phenoxy) is 1. The van der Waals surface area contributed by atoms with Crippen molar-refractivity contribution in [3.8, 4) is 0 Å². The molecule has 2 atom stereocenters. The lowest BCUT2D eigenvalue weighted by atomic mass is 10.0. The van der Waals surface area contributed by atoms with E-state index in [1.807, 2.05) is 6.08 Å². The van der Waals surface area contributed by atoms with Gasteiger partial charge in [0.15, 0.2) is 0 Å². The number of aliphatic hydroxyl groups excluding tert-OH is 2. The molecule has 0 aliphatic carbocycles. The van der Waals surface area contributed by atoms with Crippen molar-refractivity contribution in [2.75, 3.05) is 13.2 Å². The number of hydrogen-bond donors (Lipinski definition) is 3. The molecule has 0 saturated heterocycles. The van der Waals surface area contributed by atoms with Crippen LogP contribution in [0.4, 0.5) is 0 Å². The van der Waals surface area contributed by atoms with Gasteiger partial charge in [-0.05, 0) is 32.1 Å². The van der Waals surface area contributed by atoms with E-state index in [2.05, 4.69) is 19.2 Å². The highest BCUT2D eigenvalue weighted by Gasteiger charge is 2.18. The zero-order chi connectivity index (χ0) is 55.0. The minimum Gasteiger partial charge on any atom is -0.466 e. The molecular formula is C70H137NO5. The summed E-state index contributed by atoms with van der Waals surface area (Å²) in [7, 11) is 0. The average Bonchev–Trinajstić information content (AvgIpc) is 3.42. The molecule has 0 spiro atoms. The Morgan fingerprint density at radius 1 is 0.355 bits per heavy atom. The molecule has 6 nitrogen and oxygen atoms in total. The molecule has 0 saturated carbocycles. The third-order valence-electron chi connectivity index (χ3n) is 16.6. The first-order chi connectivity index (χ1) is 37.5. The van der Waals surface area contributed by atoms with E-state index in [1.54, 1.807) is 6.08 Å². The smallest absolute Gasteiger partial charge is 0.305 e. The van der Waals surface area contributed by atoms with Crippen molar-refractivity contribution >= 4 is 11.9 Å². The Hall–Kier alpha value is -1.40. The summed E-state index contributed by atoms with van der Waals surface area (Å²) in [6, 6.07) is -0.629. The number of rotatable bonds is 66. The Balaban J connectivity index is 3.39. The van der Waals surface area contributed by atoms with Crippen LogP contribution in [0.1, 0.15) is 399 Å². The van der Waals surface area contributed by atoms with Crippen LogP contribution in [0.5, 0.6) is 0 Å². The number of allylic oxidation sites excluding steroid dienone is 1. The lowest BCUT2D eigenvalue weighted by Gasteiger charge is -2.20. The SMILES string of the molecule is CCCCCCCCCCCCCCCCCCCC/C=C/C(O)C(CO)NC(=O)CCCCCCCCCCCCCCCCCCCCCCOC(=O)CCCCCCCCCCCCCCCCCCCCC. The topological polar surface area (TPSA) is 95.9 Å². The zero-order valence-electron chi connectivity index (χ0n) is 51.8. The standard InChI is InChI=1S/C70H137NO5/c1-3-5-7-9-11-13-15-17-19-21-23-27-30-34-38-42-46-50-54-58-62-68(73)67(66-72)71-69(74)63-59-55-51-47-43-39-35-31-28-24-25-29-33-37-41-45-49-53-57-61-65-76-70(75)64-60-56-52-48-44-40-36-32-26-22-20-18-16-14-12-10-8-6-4-2/h58,62,67-68,72-73H,3-57,59-61,63-66H2,1-2H3,(H,71,74)/b62-58+. The van der Waals surface area contributed by atoms with Gasteiger partial charge in [-0.2, -0.15) is 0 Å². The van der Waals surface area contributed by atoms with E-state index < -0.39 is 12.1 Å². The van der Waals surface area contributed by atoms with Crippen LogP contribution in [0, 0.1) is 0 Å². The second-order valence-electron chi connectivity index (χ2n) is 24.2. The summed E-state index contributed by atoms with van der Waals surface area (Å²) in [6.45, 7) is 4.95. The van der Waals surface area contributed by atoms with Crippen molar-refractivity contribution in [1.29, 1.82) is 0 Å². The lowest BCUT2D eigenvalue weighted by Crippen LogP contribution is -2.45. The minimum atomic E-state index is -0.846. The fourth-order valence-corrected chi connectivity index (χ4v) is 11.2. The second kappa shape index (κ2) is 66.1. The van der Waals surface area contributed by atoms with Gasteiger partial charge >= 0.3 is 5.97 Å². The van der Waals surface area contributed by atoms with E-state index >= 15 is 0 Å². The number of carbonyl (C=O) groups is 2. The van der Waals surface area contributed by atoms with Crippen LogP contribution in [0.3, 0.4) is 0 Å². The van der Waals surface area contributed by atoms with E-state index in [0.29, 0.717) is 19.4 Å². The van der Waals surface area contributed by atoms with Crippen LogP contribution in [0.2, 0.25) is 0 Å². The van der Waals surface area contributed by atoms with E-state index in [0.717, 1.165) is 38.5 Å². The van der Waals surface area contributed by atoms with E-state index in [9.17, 15) is 19.8 Å². The van der Waals surface area contributed by atoms with Gasteiger partial charge in [0.05, 0.1) is 25.4 Å². The van der Waals surface area contributed by atoms with Gasteiger partial charge in [0.1, 0.15) is 0 Å². The zero-order valence-corrected chi connectivity index (χ0v) is 51.8. The maximum absolute atomic E-state index is 12.5. The Labute approximate surface area is 476 Å². The maximum Gasteiger partial charge on any atom is 0.305 e. The van der Waals surface area contributed by atoms with E-state index in [1.165, 1.54) is 334 Å². The molecule has 1 amide bonds. The Morgan fingerprint density at radius 3 is 0.895 bits per heavy atom. The van der Waals surface area contributed by atoms with Gasteiger partial charge in [-0.15, -0.1) is 0 Å². The Morgan fingerprint density at radius 2 is 0.605 bits per heavy atom. The van der Waals surface area contributed by atoms with Crippen LogP contribution in [0.25, 0.3) is 0 Å². The summed E-state index contributed by atoms with van der Waals surface area (Å²) < 4.78 is 5.51. The first kappa shape index (κ1) is 74.6. The molecule has 0 radical (unpaired) electrons. The summed E-state index contributed by atoms with van der Waals surface area (Å²) in [5.41, 5.74) is 0. The third-order valence-corrected chi connectivity index (χ3v) is 16.6. The average molecular weight is 1070 g/mol. The van der Waals surface area contributed by atoms with Crippen molar-refractivity contribution in [1.82, 2.24) is 5.32 Å². The summed E-state index contributed by atoms with van der Waals surface area (Å²) in [5.74, 6) is -0.0494. The molecule has 0 aliphatic rings. The maximum atomic E-state index is 12.5. The van der Waals surface area contributed by atoms with Gasteiger partial charge in [0, 0.05) is 12.8 Å². The first-order valence-corrected chi connectivity index (χ1v) is 35.0. The van der Waals surface area contributed by atoms with Crippen molar-refractivity contribution in [3.05, 3.63) is 12.2 Å². The molecule has 0 bridgehead atoms. The van der Waals surface area contributed by atoms with E-state index in [4.69, 9.17) is 4.74 Å². The highest BCUT2D eigenvalue weighted by Crippen LogP contribution is 2.19. The van der Waals surface area contributed by atoms with Gasteiger partial charge in [0.2, 0.25) is 5.91 Å². The molecule has 0 fully saturated rings. The van der Waals surface area contributed by atoms with E-state index in [-0.39, 0.29) is 18.5 Å². The number of carbonyl (C=O) groups excluding carboxylic acids is 2. The lowest BCUT2D eigenvalue weighted by molar-refractivity contribution is -0.143. The molecular weight excluding hydrogens is 935 g/mol. The largest absolute Gasteiger partial charge is 0.466 e. The van der Waals surface area contributed by atoms with Gasteiger partial charge in [-0.3, -0.25) is 9.59 Å². The van der Waals surface area contributed by atoms with Crippen molar-refractivity contribution in [3.63, 3.8) is 0 Å². The molecule has 6 heteroatoms. The van der Waals surface area contributed by atoms with Gasteiger partial charge in [0.25, 0.3) is 0 Å². The number of hydrogen-bond acceptors (Lipinski definition) is 5. The molecule has 0 aromatic rings. The molecule has 76 heavy (non-hydrogen) atoms. The normalized spacial score (nSPS) is 12.5. The fourth-order valence-electron chi connectivity index (χ4n) is 11.2. The summed E-state index contributed by atoms with van der Waals surface area (Å²) in [6.07, 6.45) is 81.4. The minimum absolute atomic E-state index is 0.0159. The molecule has 3 N–H and O–H groups in total. The van der Waals surface area contributed by atoms with Gasteiger partial charge < -0.3 is 20.3 Å². The van der Waals surface area contributed by atoms with Crippen LogP contribution < -0.4 is 5.32 Å². The van der Waals surface area contributed by atoms with Crippen LogP contribution >= 0.6 is 0 Å². The predicted molar refractivity (Wildman–Crippen MR) is 333 cm³/mol. The molecule has 0 aliphatic heterocycles. The van der Waals surface area contributed by atoms with Crippen LogP contribution in [-0.2, 0) is 14.3 Å². The summed E-state index contributed by atoms with van der Waals surface area (Å²) >= 11 is 0. The number of esters is 1. The van der Waals surface area contributed by atoms with Crippen molar-refractivity contribution < 1.29 is 24.5 Å². The highest BCUT2D eigenvalue weighted by molar-refractivity contribution is 5.76. The van der Waals surface area contributed by atoms with Crippen molar-refractivity contribution in [2.45, 2.75) is 411 Å². The quantitative estimate of drug-likeness (QED) is 0.0320.